The molecule has 4 fully saturated rings. The fourth-order valence-electron chi connectivity index (χ4n) is 7.64. The molecule has 0 saturated heterocycles. The van der Waals surface area contributed by atoms with E-state index in [1.54, 1.807) is 0 Å². The van der Waals surface area contributed by atoms with Gasteiger partial charge in [-0.1, -0.05) is 13.8 Å². The number of fused-ring (bicyclic) bond motifs is 5. The lowest BCUT2D eigenvalue weighted by Gasteiger charge is -2.60. The van der Waals surface area contributed by atoms with Crippen molar-refractivity contribution in [3.8, 4) is 0 Å². The van der Waals surface area contributed by atoms with Crippen LogP contribution in [0.2, 0.25) is 0 Å². The maximum Gasteiger partial charge on any atom is 0.307 e. The predicted octanol–water partition coefficient (Wildman–Crippen LogP) is 4.09. The molecule has 8 unspecified atom stereocenters. The number of carboxylic acid groups (broad SMARTS) is 1. The first kappa shape index (κ1) is 15.9. The van der Waals surface area contributed by atoms with Crippen molar-refractivity contribution in [1.29, 1.82) is 0 Å². The van der Waals surface area contributed by atoms with Crippen LogP contribution in [0.4, 0.5) is 0 Å². The Kier molecular flexibility index (Phi) is 3.61. The Labute approximate surface area is 139 Å². The third kappa shape index (κ3) is 2.14. The highest BCUT2D eigenvalue weighted by atomic mass is 16.4. The van der Waals surface area contributed by atoms with Gasteiger partial charge in [0.2, 0.25) is 0 Å². The highest BCUT2D eigenvalue weighted by molar-refractivity contribution is 5.71. The molecule has 2 N–H and O–H groups in total. The molecule has 0 spiro atoms. The van der Waals surface area contributed by atoms with Crippen molar-refractivity contribution in [1.82, 2.24) is 0 Å². The fourth-order valence-corrected chi connectivity index (χ4v) is 7.64. The highest BCUT2D eigenvalue weighted by Gasteiger charge is 2.61. The third-order valence-electron chi connectivity index (χ3n) is 8.94. The minimum Gasteiger partial charge on any atom is -0.481 e. The number of aliphatic hydroxyl groups excluding tert-OH is 1. The first-order valence-electron chi connectivity index (χ1n) is 9.77. The molecular formula is C20H32O3. The maximum atomic E-state index is 11.7. The van der Waals surface area contributed by atoms with Crippen LogP contribution in [0.15, 0.2) is 0 Å². The second-order valence-electron chi connectivity index (χ2n) is 9.60. The summed E-state index contributed by atoms with van der Waals surface area (Å²) in [6.07, 6.45) is 9.90. The Balaban J connectivity index is 1.61. The van der Waals surface area contributed by atoms with Gasteiger partial charge < -0.3 is 10.2 Å². The quantitative estimate of drug-likeness (QED) is 0.765. The molecule has 4 aliphatic rings. The summed E-state index contributed by atoms with van der Waals surface area (Å²) in [6.45, 7) is 4.77. The largest absolute Gasteiger partial charge is 0.481 e. The Morgan fingerprint density at radius 3 is 2.35 bits per heavy atom. The van der Waals surface area contributed by atoms with E-state index in [4.69, 9.17) is 0 Å². The summed E-state index contributed by atoms with van der Waals surface area (Å²) in [7, 11) is 0. The summed E-state index contributed by atoms with van der Waals surface area (Å²) in [5.74, 6) is 2.12. The predicted molar refractivity (Wildman–Crippen MR) is 88.9 cm³/mol. The Morgan fingerprint density at radius 2 is 1.61 bits per heavy atom. The van der Waals surface area contributed by atoms with Crippen LogP contribution < -0.4 is 0 Å². The molecule has 0 heterocycles. The van der Waals surface area contributed by atoms with Gasteiger partial charge in [0.25, 0.3) is 0 Å². The molecule has 4 saturated carbocycles. The molecule has 130 valence electrons. The molecule has 0 aromatic carbocycles. The number of aliphatic carboxylic acids is 1. The van der Waals surface area contributed by atoms with Gasteiger partial charge in [0.15, 0.2) is 0 Å². The minimum atomic E-state index is -0.561. The van der Waals surface area contributed by atoms with E-state index in [9.17, 15) is 15.0 Å². The molecule has 0 radical (unpaired) electrons. The molecule has 4 rings (SSSR count). The molecule has 0 amide bonds. The fraction of sp³-hybridized carbons (Fsp3) is 0.950. The van der Waals surface area contributed by atoms with Crippen LogP contribution >= 0.6 is 0 Å². The van der Waals surface area contributed by atoms with Gasteiger partial charge in [-0.2, -0.15) is 0 Å². The number of aliphatic hydroxyl groups is 1. The maximum absolute atomic E-state index is 11.7. The van der Waals surface area contributed by atoms with Gasteiger partial charge in [0.05, 0.1) is 12.0 Å². The van der Waals surface area contributed by atoms with Crippen molar-refractivity contribution in [3.63, 3.8) is 0 Å². The zero-order valence-corrected chi connectivity index (χ0v) is 14.6. The summed E-state index contributed by atoms with van der Waals surface area (Å²) >= 11 is 0. The molecule has 3 heteroatoms. The molecule has 23 heavy (non-hydrogen) atoms. The van der Waals surface area contributed by atoms with Gasteiger partial charge in [0.1, 0.15) is 0 Å². The summed E-state index contributed by atoms with van der Waals surface area (Å²) in [4.78, 5) is 11.7. The van der Waals surface area contributed by atoms with Crippen LogP contribution in [0.25, 0.3) is 0 Å². The summed E-state index contributed by atoms with van der Waals surface area (Å²) in [5, 5.41) is 19.7. The van der Waals surface area contributed by atoms with Crippen molar-refractivity contribution in [2.24, 2.45) is 40.4 Å². The SMILES string of the molecule is CC12CCC(O)CC1CCC1C2CCC2(C)C(C(=O)O)CCC12. The topological polar surface area (TPSA) is 57.5 Å². The normalized spacial score (nSPS) is 55.6. The second kappa shape index (κ2) is 5.21. The number of hydrogen-bond acceptors (Lipinski definition) is 2. The zero-order chi connectivity index (χ0) is 16.4. The van der Waals surface area contributed by atoms with Crippen LogP contribution in [-0.2, 0) is 4.79 Å². The van der Waals surface area contributed by atoms with Crippen molar-refractivity contribution in [2.75, 3.05) is 0 Å². The van der Waals surface area contributed by atoms with Crippen molar-refractivity contribution >= 4 is 5.97 Å². The smallest absolute Gasteiger partial charge is 0.307 e. The lowest BCUT2D eigenvalue weighted by atomic mass is 9.44. The standard InChI is InChI=1S/C20H32O3/c1-19-9-7-13(21)11-12(19)3-4-14-15-5-6-17(18(22)23)20(15,2)10-8-16(14)19/h12-17,21H,3-11H2,1-2H3,(H,22,23). The number of carboxylic acids is 1. The first-order valence-corrected chi connectivity index (χ1v) is 9.77. The average molecular weight is 320 g/mol. The van der Waals surface area contributed by atoms with E-state index in [0.717, 1.165) is 43.9 Å². The van der Waals surface area contributed by atoms with Crippen LogP contribution in [0.5, 0.6) is 0 Å². The van der Waals surface area contributed by atoms with Crippen molar-refractivity contribution in [3.05, 3.63) is 0 Å². The second-order valence-corrected chi connectivity index (χ2v) is 9.60. The van der Waals surface area contributed by atoms with E-state index in [1.807, 2.05) is 0 Å². The van der Waals surface area contributed by atoms with Crippen LogP contribution in [0, 0.1) is 40.4 Å². The van der Waals surface area contributed by atoms with Gasteiger partial charge in [-0.25, -0.2) is 0 Å². The average Bonchev–Trinajstić information content (AvgIpc) is 2.85. The summed E-state index contributed by atoms with van der Waals surface area (Å²) < 4.78 is 0. The van der Waals surface area contributed by atoms with Gasteiger partial charge >= 0.3 is 5.97 Å². The Morgan fingerprint density at radius 1 is 0.913 bits per heavy atom. The summed E-state index contributed by atoms with van der Waals surface area (Å²) in [6, 6.07) is 0. The van der Waals surface area contributed by atoms with Gasteiger partial charge in [-0.15, -0.1) is 0 Å². The van der Waals surface area contributed by atoms with Crippen molar-refractivity contribution in [2.45, 2.75) is 77.7 Å². The van der Waals surface area contributed by atoms with E-state index in [0.29, 0.717) is 17.3 Å². The van der Waals surface area contributed by atoms with Crippen LogP contribution in [-0.4, -0.2) is 22.3 Å². The highest BCUT2D eigenvalue weighted by Crippen LogP contribution is 2.67. The molecule has 8 atom stereocenters. The molecule has 0 aromatic rings. The van der Waals surface area contributed by atoms with E-state index < -0.39 is 5.97 Å². The van der Waals surface area contributed by atoms with Gasteiger partial charge in [0, 0.05) is 0 Å². The van der Waals surface area contributed by atoms with E-state index in [-0.39, 0.29) is 17.4 Å². The van der Waals surface area contributed by atoms with E-state index in [1.165, 1.54) is 25.7 Å². The molecule has 0 bridgehead atoms. The monoisotopic (exact) mass is 320 g/mol. The molecule has 0 aliphatic heterocycles. The summed E-state index contributed by atoms with van der Waals surface area (Å²) in [5.41, 5.74) is 0.426. The molecule has 4 aliphatic carbocycles. The van der Waals surface area contributed by atoms with Crippen LogP contribution in [0.1, 0.15) is 71.6 Å². The molecule has 3 nitrogen and oxygen atoms in total. The first-order chi connectivity index (χ1) is 10.9. The zero-order valence-electron chi connectivity index (χ0n) is 14.6. The molecular weight excluding hydrogens is 288 g/mol. The lowest BCUT2D eigenvalue weighted by Crippen LogP contribution is -2.54. The van der Waals surface area contributed by atoms with E-state index in [2.05, 4.69) is 13.8 Å². The number of rotatable bonds is 1. The Bertz CT molecular complexity index is 503. The van der Waals surface area contributed by atoms with Crippen molar-refractivity contribution < 1.29 is 15.0 Å². The molecule has 0 aromatic heterocycles. The minimum absolute atomic E-state index is 0.0321. The third-order valence-corrected chi connectivity index (χ3v) is 8.94. The number of hydrogen-bond donors (Lipinski definition) is 2. The van der Waals surface area contributed by atoms with Gasteiger partial charge in [-0.3, -0.25) is 4.79 Å². The number of carbonyl (C=O) groups is 1. The lowest BCUT2D eigenvalue weighted by molar-refractivity contribution is -0.154. The van der Waals surface area contributed by atoms with Crippen LogP contribution in [0.3, 0.4) is 0 Å². The van der Waals surface area contributed by atoms with Gasteiger partial charge in [-0.05, 0) is 92.3 Å². The van der Waals surface area contributed by atoms with E-state index >= 15 is 0 Å². The Hall–Kier alpha value is -0.570.